The zero-order chi connectivity index (χ0) is 24.7. The predicted octanol–water partition coefficient (Wildman–Crippen LogP) is 5.16. The number of hydrogen-bond acceptors (Lipinski definition) is 5. The first-order chi connectivity index (χ1) is 17.7. The van der Waals surface area contributed by atoms with Crippen molar-refractivity contribution in [1.82, 2.24) is 25.1 Å². The molecule has 1 amide bonds. The first kappa shape index (κ1) is 23.5. The average molecular weight is 498 g/mol. The molecule has 3 aromatic carbocycles. The zero-order valence-corrected chi connectivity index (χ0v) is 20.2. The lowest BCUT2D eigenvalue weighted by Crippen LogP contribution is -2.29. The van der Waals surface area contributed by atoms with Gasteiger partial charge in [0.2, 0.25) is 11.8 Å². The average Bonchev–Trinajstić information content (AvgIpc) is 3.34. The summed E-state index contributed by atoms with van der Waals surface area (Å²) in [5.74, 6) is 0.868. The van der Waals surface area contributed by atoms with Gasteiger partial charge in [-0.25, -0.2) is 0 Å². The van der Waals surface area contributed by atoms with Gasteiger partial charge in [-0.3, -0.25) is 4.79 Å². The Morgan fingerprint density at radius 3 is 2.22 bits per heavy atom. The van der Waals surface area contributed by atoms with E-state index in [0.29, 0.717) is 35.3 Å². The van der Waals surface area contributed by atoms with Crippen LogP contribution in [0.5, 0.6) is 5.88 Å². The fourth-order valence-electron chi connectivity index (χ4n) is 4.06. The Morgan fingerprint density at radius 1 is 0.861 bits per heavy atom. The van der Waals surface area contributed by atoms with Crippen molar-refractivity contribution in [2.24, 2.45) is 0 Å². The molecule has 0 bridgehead atoms. The summed E-state index contributed by atoms with van der Waals surface area (Å²) in [6.45, 7) is 0.629. The van der Waals surface area contributed by atoms with Gasteiger partial charge in [-0.15, -0.1) is 15.3 Å². The van der Waals surface area contributed by atoms with E-state index in [1.165, 1.54) is 0 Å². The Labute approximate surface area is 213 Å². The van der Waals surface area contributed by atoms with Gasteiger partial charge in [0.05, 0.1) is 11.6 Å². The second-order valence-electron chi connectivity index (χ2n) is 8.22. The lowest BCUT2D eigenvalue weighted by molar-refractivity contribution is -0.121. The molecule has 0 aliphatic heterocycles. The molecule has 0 unspecified atom stereocenters. The van der Waals surface area contributed by atoms with Crippen LogP contribution >= 0.6 is 11.6 Å². The lowest BCUT2D eigenvalue weighted by Gasteiger charge is -2.18. The number of halogens is 1. The minimum Gasteiger partial charge on any atom is -0.475 e. The quantitative estimate of drug-likeness (QED) is 0.284. The van der Waals surface area contributed by atoms with Gasteiger partial charge >= 0.3 is 0 Å². The third kappa shape index (κ3) is 5.37. The van der Waals surface area contributed by atoms with Crippen molar-refractivity contribution < 1.29 is 9.53 Å². The van der Waals surface area contributed by atoms with E-state index in [1.807, 2.05) is 54.6 Å². The highest BCUT2D eigenvalue weighted by Crippen LogP contribution is 2.28. The van der Waals surface area contributed by atoms with E-state index >= 15 is 0 Å². The van der Waals surface area contributed by atoms with E-state index in [0.717, 1.165) is 16.7 Å². The molecule has 0 fully saturated rings. The van der Waals surface area contributed by atoms with Crippen LogP contribution in [0.3, 0.4) is 0 Å². The first-order valence-electron chi connectivity index (χ1n) is 11.7. The van der Waals surface area contributed by atoms with E-state index < -0.39 is 0 Å². The van der Waals surface area contributed by atoms with Gasteiger partial charge in [0.1, 0.15) is 6.61 Å². The molecule has 0 radical (unpaired) electrons. The van der Waals surface area contributed by atoms with E-state index in [1.54, 1.807) is 22.7 Å². The highest BCUT2D eigenvalue weighted by atomic mass is 35.5. The molecule has 0 spiro atoms. The molecule has 0 saturated heterocycles. The molecule has 7 nitrogen and oxygen atoms in total. The summed E-state index contributed by atoms with van der Waals surface area (Å²) in [6, 6.07) is 31.0. The standard InChI is InChI=1S/C28H24ClN5O2/c29-24-14-8-7-13-22(24)28-32-31-25-15-16-27(33-34(25)28)36-18-17-30-26(35)19-23(20-9-3-1-4-10-20)21-11-5-2-6-12-21/h1-16,23H,17-19H2,(H,30,35). The Hall–Kier alpha value is -4.23. The third-order valence-corrected chi connectivity index (χ3v) is 6.15. The first-order valence-corrected chi connectivity index (χ1v) is 12.0. The van der Waals surface area contributed by atoms with Crippen molar-refractivity contribution in [2.75, 3.05) is 13.2 Å². The minimum absolute atomic E-state index is 0.0191. The Morgan fingerprint density at radius 2 is 1.53 bits per heavy atom. The highest BCUT2D eigenvalue weighted by Gasteiger charge is 2.18. The number of aromatic nitrogens is 4. The van der Waals surface area contributed by atoms with Crippen molar-refractivity contribution in [3.8, 4) is 17.3 Å². The Balaban J connectivity index is 1.20. The fourth-order valence-corrected chi connectivity index (χ4v) is 4.28. The third-order valence-electron chi connectivity index (χ3n) is 5.82. The van der Waals surface area contributed by atoms with Gasteiger partial charge in [-0.05, 0) is 29.3 Å². The van der Waals surface area contributed by atoms with Crippen LogP contribution in [0.1, 0.15) is 23.5 Å². The molecule has 0 aliphatic rings. The molecule has 1 N–H and O–H groups in total. The van der Waals surface area contributed by atoms with Crippen LogP contribution in [0.15, 0.2) is 97.1 Å². The van der Waals surface area contributed by atoms with Gasteiger partial charge in [0.25, 0.3) is 0 Å². The fraction of sp³-hybridized carbons (Fsp3) is 0.143. The second-order valence-corrected chi connectivity index (χ2v) is 8.63. The largest absolute Gasteiger partial charge is 0.475 e. The summed E-state index contributed by atoms with van der Waals surface area (Å²) in [4.78, 5) is 12.8. The summed E-state index contributed by atoms with van der Waals surface area (Å²) < 4.78 is 7.39. The topological polar surface area (TPSA) is 81.4 Å². The molecular weight excluding hydrogens is 474 g/mol. The van der Waals surface area contributed by atoms with Gasteiger partial charge in [-0.1, -0.05) is 84.4 Å². The monoisotopic (exact) mass is 497 g/mol. The molecule has 2 heterocycles. The number of rotatable bonds is 9. The number of hydrogen-bond donors (Lipinski definition) is 1. The highest BCUT2D eigenvalue weighted by molar-refractivity contribution is 6.33. The molecule has 5 rings (SSSR count). The molecule has 180 valence electrons. The number of carbonyl (C=O) groups is 1. The van der Waals surface area contributed by atoms with Crippen molar-refractivity contribution in [1.29, 1.82) is 0 Å². The smallest absolute Gasteiger partial charge is 0.231 e. The predicted molar refractivity (Wildman–Crippen MR) is 139 cm³/mol. The van der Waals surface area contributed by atoms with Crippen LogP contribution in [-0.4, -0.2) is 38.9 Å². The summed E-state index contributed by atoms with van der Waals surface area (Å²) in [5, 5.41) is 16.4. The maximum absolute atomic E-state index is 12.8. The number of benzene rings is 3. The molecule has 0 atom stereocenters. The van der Waals surface area contributed by atoms with Gasteiger partial charge < -0.3 is 10.1 Å². The van der Waals surface area contributed by atoms with Crippen LogP contribution in [0.2, 0.25) is 5.02 Å². The van der Waals surface area contributed by atoms with Crippen molar-refractivity contribution in [3.63, 3.8) is 0 Å². The molecule has 5 aromatic rings. The lowest BCUT2D eigenvalue weighted by atomic mass is 9.88. The second kappa shape index (κ2) is 11.0. The van der Waals surface area contributed by atoms with Gasteiger partial charge in [0.15, 0.2) is 11.5 Å². The van der Waals surface area contributed by atoms with E-state index in [2.05, 4.69) is 44.9 Å². The van der Waals surface area contributed by atoms with Crippen LogP contribution < -0.4 is 10.1 Å². The summed E-state index contributed by atoms with van der Waals surface area (Å²) in [6.07, 6.45) is 0.347. The van der Waals surface area contributed by atoms with Crippen molar-refractivity contribution >= 4 is 23.2 Å². The number of fused-ring (bicyclic) bond motifs is 1. The molecule has 2 aromatic heterocycles. The molecule has 8 heteroatoms. The normalized spacial score (nSPS) is 11.1. The number of amides is 1. The van der Waals surface area contributed by atoms with Gasteiger partial charge in [-0.2, -0.15) is 4.52 Å². The Kier molecular flexibility index (Phi) is 7.19. The Bertz CT molecular complexity index is 1420. The maximum Gasteiger partial charge on any atom is 0.231 e. The van der Waals surface area contributed by atoms with Crippen LogP contribution in [0.4, 0.5) is 0 Å². The van der Waals surface area contributed by atoms with Crippen molar-refractivity contribution in [2.45, 2.75) is 12.3 Å². The zero-order valence-electron chi connectivity index (χ0n) is 19.4. The molecule has 0 saturated carbocycles. The molecule has 0 aliphatic carbocycles. The van der Waals surface area contributed by atoms with Crippen LogP contribution in [0, 0.1) is 0 Å². The van der Waals surface area contributed by atoms with E-state index in [-0.39, 0.29) is 18.4 Å². The summed E-state index contributed by atoms with van der Waals surface area (Å²) >= 11 is 6.32. The number of carbonyl (C=O) groups excluding carboxylic acids is 1. The molecular formula is C28H24ClN5O2. The minimum atomic E-state index is -0.0421. The number of ether oxygens (including phenoxy) is 1. The summed E-state index contributed by atoms with van der Waals surface area (Å²) in [7, 11) is 0. The van der Waals surface area contributed by atoms with E-state index in [9.17, 15) is 4.79 Å². The molecule has 36 heavy (non-hydrogen) atoms. The maximum atomic E-state index is 12.8. The SMILES string of the molecule is O=C(CC(c1ccccc1)c1ccccc1)NCCOc1ccc2nnc(-c3ccccc3Cl)n2n1. The van der Waals surface area contributed by atoms with E-state index in [4.69, 9.17) is 16.3 Å². The number of nitrogens with one attached hydrogen (secondary N) is 1. The number of nitrogens with zero attached hydrogens (tertiary/aromatic N) is 4. The van der Waals surface area contributed by atoms with Crippen LogP contribution in [-0.2, 0) is 4.79 Å². The van der Waals surface area contributed by atoms with Crippen LogP contribution in [0.25, 0.3) is 17.0 Å². The van der Waals surface area contributed by atoms with Gasteiger partial charge in [0, 0.05) is 24.0 Å². The van der Waals surface area contributed by atoms with Crippen molar-refractivity contribution in [3.05, 3.63) is 113 Å². The summed E-state index contributed by atoms with van der Waals surface area (Å²) in [5.41, 5.74) is 3.53.